The third-order valence-corrected chi connectivity index (χ3v) is 5.53. The van der Waals surface area contributed by atoms with Crippen LogP contribution < -0.4 is 0 Å². The Balaban J connectivity index is 2.04. The van der Waals surface area contributed by atoms with E-state index in [0.29, 0.717) is 6.61 Å². The van der Waals surface area contributed by atoms with Gasteiger partial charge in [-0.2, -0.15) is 0 Å². The average Bonchev–Trinajstić information content (AvgIpc) is 2.49. The first-order chi connectivity index (χ1) is 11.1. The van der Waals surface area contributed by atoms with E-state index in [9.17, 15) is 0 Å². The van der Waals surface area contributed by atoms with Gasteiger partial charge in [0.1, 0.15) is 0 Å². The molecule has 4 heteroatoms. The summed E-state index contributed by atoms with van der Waals surface area (Å²) in [4.78, 5) is 5.57. The lowest BCUT2D eigenvalue weighted by Crippen LogP contribution is -2.63. The fourth-order valence-corrected chi connectivity index (χ4v) is 3.97. The van der Waals surface area contributed by atoms with Crippen LogP contribution in [0.15, 0.2) is 30.3 Å². The Morgan fingerprint density at radius 1 is 1.12 bits per heavy atom. The Morgan fingerprint density at radius 3 is 2.17 bits per heavy atom. The fourth-order valence-electron chi connectivity index (χ4n) is 3.84. The zero-order valence-electron chi connectivity index (χ0n) is 16.0. The van der Waals surface area contributed by atoms with Gasteiger partial charge in [0.15, 0.2) is 0 Å². The van der Waals surface area contributed by atoms with Crippen LogP contribution in [-0.2, 0) is 11.3 Å². The van der Waals surface area contributed by atoms with Crippen molar-refractivity contribution >= 4 is 17.2 Å². The molecule has 0 radical (unpaired) electrons. The normalized spacial score (nSPS) is 20.8. The Morgan fingerprint density at radius 2 is 1.67 bits per heavy atom. The molecule has 1 fully saturated rings. The molecule has 0 aliphatic carbocycles. The van der Waals surface area contributed by atoms with Crippen LogP contribution in [0.1, 0.15) is 46.1 Å². The number of ether oxygens (including phenoxy) is 1. The standard InChI is InChI=1S/C20H32N2OS/c1-19(2)12-17(23-15-16-10-8-7-9-11-16)13-20(3,4)22(19)14-18(24)21(5)6/h7-11,17H,12-15H2,1-6H3. The summed E-state index contributed by atoms with van der Waals surface area (Å²) >= 11 is 5.56. The molecule has 0 bridgehead atoms. The summed E-state index contributed by atoms with van der Waals surface area (Å²) < 4.78 is 6.27. The highest BCUT2D eigenvalue weighted by Crippen LogP contribution is 2.39. The van der Waals surface area contributed by atoms with Gasteiger partial charge in [0.2, 0.25) is 0 Å². The van der Waals surface area contributed by atoms with Crippen molar-refractivity contribution in [3.8, 4) is 0 Å². The van der Waals surface area contributed by atoms with Gasteiger partial charge in [-0.15, -0.1) is 0 Å². The maximum Gasteiger partial charge on any atom is 0.0917 e. The van der Waals surface area contributed by atoms with Gasteiger partial charge in [-0.1, -0.05) is 42.5 Å². The molecule has 0 saturated carbocycles. The summed E-state index contributed by atoms with van der Waals surface area (Å²) in [5.74, 6) is 0. The molecule has 0 unspecified atom stereocenters. The Hall–Kier alpha value is -0.970. The number of thiocarbonyl (C=S) groups is 1. The molecule has 1 aliphatic rings. The molecule has 0 N–H and O–H groups in total. The molecule has 134 valence electrons. The van der Waals surface area contributed by atoms with Crippen LogP contribution in [0.5, 0.6) is 0 Å². The molecular formula is C20H32N2OS. The molecule has 1 saturated heterocycles. The van der Waals surface area contributed by atoms with Gasteiger partial charge in [0, 0.05) is 25.2 Å². The van der Waals surface area contributed by atoms with Crippen molar-refractivity contribution in [2.75, 3.05) is 20.6 Å². The summed E-state index contributed by atoms with van der Waals surface area (Å²) in [7, 11) is 4.05. The smallest absolute Gasteiger partial charge is 0.0917 e. The molecule has 0 aromatic heterocycles. The second kappa shape index (κ2) is 7.51. The van der Waals surface area contributed by atoms with Gasteiger partial charge in [0.25, 0.3) is 0 Å². The highest BCUT2D eigenvalue weighted by Gasteiger charge is 2.45. The average molecular weight is 349 g/mol. The molecule has 0 amide bonds. The van der Waals surface area contributed by atoms with Crippen LogP contribution >= 0.6 is 12.2 Å². The van der Waals surface area contributed by atoms with E-state index in [1.54, 1.807) is 0 Å². The molecule has 1 aromatic rings. The van der Waals surface area contributed by atoms with Crippen molar-refractivity contribution in [3.63, 3.8) is 0 Å². The minimum atomic E-state index is 0.0587. The monoisotopic (exact) mass is 348 g/mol. The lowest BCUT2D eigenvalue weighted by Gasteiger charge is -2.55. The Labute approximate surface area is 153 Å². The Bertz CT molecular complexity index is 536. The first-order valence-electron chi connectivity index (χ1n) is 8.75. The zero-order chi connectivity index (χ0) is 18.0. The van der Waals surface area contributed by atoms with Crippen molar-refractivity contribution in [2.24, 2.45) is 0 Å². The van der Waals surface area contributed by atoms with Gasteiger partial charge in [-0.25, -0.2) is 0 Å². The van der Waals surface area contributed by atoms with E-state index in [1.165, 1.54) is 5.56 Å². The second-order valence-electron chi connectivity index (χ2n) is 8.33. The highest BCUT2D eigenvalue weighted by atomic mass is 32.1. The summed E-state index contributed by atoms with van der Waals surface area (Å²) in [5.41, 5.74) is 1.36. The molecule has 1 aliphatic heterocycles. The number of hydrogen-bond donors (Lipinski definition) is 0. The van der Waals surface area contributed by atoms with Crippen LogP contribution in [-0.4, -0.2) is 52.6 Å². The largest absolute Gasteiger partial charge is 0.373 e. The summed E-state index contributed by atoms with van der Waals surface area (Å²) in [6.45, 7) is 10.8. The van der Waals surface area contributed by atoms with Crippen LogP contribution in [0.25, 0.3) is 0 Å². The maximum absolute atomic E-state index is 6.27. The third-order valence-electron chi connectivity index (χ3n) is 5.04. The molecule has 0 atom stereocenters. The molecule has 3 nitrogen and oxygen atoms in total. The van der Waals surface area contributed by atoms with Crippen LogP contribution in [0.4, 0.5) is 0 Å². The molecule has 0 spiro atoms. The number of nitrogens with zero attached hydrogens (tertiary/aromatic N) is 2. The number of likely N-dealkylation sites (tertiary alicyclic amines) is 1. The van der Waals surface area contributed by atoms with Crippen molar-refractivity contribution in [1.29, 1.82) is 0 Å². The summed E-state index contributed by atoms with van der Waals surface area (Å²) in [5, 5.41) is 0. The number of piperidine rings is 1. The van der Waals surface area contributed by atoms with Gasteiger partial charge in [-0.05, 0) is 46.1 Å². The highest BCUT2D eigenvalue weighted by molar-refractivity contribution is 7.80. The molecule has 2 rings (SSSR count). The predicted molar refractivity (Wildman–Crippen MR) is 105 cm³/mol. The first-order valence-corrected chi connectivity index (χ1v) is 9.16. The van der Waals surface area contributed by atoms with Crippen LogP contribution in [0.3, 0.4) is 0 Å². The third kappa shape index (κ3) is 4.78. The summed E-state index contributed by atoms with van der Waals surface area (Å²) in [6.07, 6.45) is 2.33. The van der Waals surface area contributed by atoms with E-state index in [0.717, 1.165) is 24.4 Å². The van der Waals surface area contributed by atoms with Gasteiger partial charge in [0.05, 0.1) is 24.2 Å². The predicted octanol–water partition coefficient (Wildman–Crippen LogP) is 4.11. The molecule has 24 heavy (non-hydrogen) atoms. The SMILES string of the molecule is CN(C)C(=S)CN1C(C)(C)CC(OCc2ccccc2)CC1(C)C. The Kier molecular flexibility index (Phi) is 6.05. The first kappa shape index (κ1) is 19.4. The van der Waals surface area contributed by atoms with Gasteiger partial charge >= 0.3 is 0 Å². The second-order valence-corrected chi connectivity index (χ2v) is 8.80. The molecule has 1 heterocycles. The van der Waals surface area contributed by atoms with E-state index < -0.39 is 0 Å². The molecular weight excluding hydrogens is 316 g/mol. The number of hydrogen-bond acceptors (Lipinski definition) is 3. The van der Waals surface area contributed by atoms with Crippen LogP contribution in [0.2, 0.25) is 0 Å². The van der Waals surface area contributed by atoms with Crippen molar-refractivity contribution in [1.82, 2.24) is 9.80 Å². The fraction of sp³-hybridized carbons (Fsp3) is 0.650. The van der Waals surface area contributed by atoms with Crippen LogP contribution in [0, 0.1) is 0 Å². The number of rotatable bonds is 5. The van der Waals surface area contributed by atoms with Gasteiger partial charge in [-0.3, -0.25) is 4.90 Å². The summed E-state index contributed by atoms with van der Waals surface area (Å²) in [6, 6.07) is 10.4. The van der Waals surface area contributed by atoms with Crippen molar-refractivity contribution in [3.05, 3.63) is 35.9 Å². The van der Waals surface area contributed by atoms with E-state index >= 15 is 0 Å². The van der Waals surface area contributed by atoms with Crippen molar-refractivity contribution in [2.45, 2.75) is 64.3 Å². The van der Waals surface area contributed by atoms with Gasteiger partial charge < -0.3 is 9.64 Å². The van der Waals surface area contributed by atoms with E-state index in [1.807, 2.05) is 25.1 Å². The lowest BCUT2D eigenvalue weighted by atomic mass is 9.78. The maximum atomic E-state index is 6.27. The van der Waals surface area contributed by atoms with E-state index in [2.05, 4.69) is 56.9 Å². The minimum absolute atomic E-state index is 0.0587. The minimum Gasteiger partial charge on any atom is -0.373 e. The quantitative estimate of drug-likeness (QED) is 0.744. The number of benzene rings is 1. The lowest BCUT2D eigenvalue weighted by molar-refractivity contribution is -0.102. The topological polar surface area (TPSA) is 15.7 Å². The molecule has 1 aromatic carbocycles. The van der Waals surface area contributed by atoms with Crippen molar-refractivity contribution < 1.29 is 4.74 Å². The zero-order valence-corrected chi connectivity index (χ0v) is 16.8. The van der Waals surface area contributed by atoms with E-state index in [4.69, 9.17) is 17.0 Å². The van der Waals surface area contributed by atoms with E-state index in [-0.39, 0.29) is 17.2 Å². The number of likely N-dealkylation sites (N-methyl/N-ethyl adjacent to an activating group) is 1.